The zero-order valence-electron chi connectivity index (χ0n) is 14.0. The highest BCUT2D eigenvalue weighted by Gasteiger charge is 2.20. The van der Waals surface area contributed by atoms with Crippen LogP contribution in [0.5, 0.6) is 5.75 Å². The Bertz CT molecular complexity index is 589. The Morgan fingerprint density at radius 2 is 1.96 bits per heavy atom. The van der Waals surface area contributed by atoms with Crippen molar-refractivity contribution in [3.05, 3.63) is 27.8 Å². The van der Waals surface area contributed by atoms with Crippen LogP contribution in [0.2, 0.25) is 0 Å². The van der Waals surface area contributed by atoms with Crippen molar-refractivity contribution in [2.75, 3.05) is 26.6 Å². The number of rotatable bonds is 10. The summed E-state index contributed by atoms with van der Waals surface area (Å²) < 4.78 is 15.6. The van der Waals surface area contributed by atoms with Gasteiger partial charge >= 0.3 is 0 Å². The minimum absolute atomic E-state index is 0.0677. The monoisotopic (exact) mass is 341 g/mol. The number of nitrogen functional groups attached to an aromatic ring is 1. The molecule has 134 valence electrons. The molecule has 1 rings (SSSR count). The van der Waals surface area contributed by atoms with Crippen LogP contribution in [-0.4, -0.2) is 37.9 Å². The van der Waals surface area contributed by atoms with Crippen LogP contribution in [0.15, 0.2) is 12.1 Å². The smallest absolute Gasteiger partial charge is 0.296 e. The molecule has 0 aliphatic heterocycles. The van der Waals surface area contributed by atoms with E-state index in [0.717, 1.165) is 0 Å². The first-order valence-corrected chi connectivity index (χ1v) is 7.34. The van der Waals surface area contributed by atoms with Crippen LogP contribution >= 0.6 is 0 Å². The number of amides is 1. The Morgan fingerprint density at radius 3 is 2.46 bits per heavy atom. The molecule has 0 saturated heterocycles. The number of nitrogens with two attached hydrogens (primary N) is 2. The third kappa shape index (κ3) is 5.36. The van der Waals surface area contributed by atoms with Crippen LogP contribution in [0, 0.1) is 16.0 Å². The maximum Gasteiger partial charge on any atom is 0.296 e. The molecule has 0 fully saturated rings. The van der Waals surface area contributed by atoms with E-state index >= 15 is 0 Å². The van der Waals surface area contributed by atoms with E-state index < -0.39 is 23.0 Å². The van der Waals surface area contributed by atoms with E-state index in [2.05, 4.69) is 0 Å². The topological polar surface area (TPSA) is 140 Å². The second-order valence-corrected chi connectivity index (χ2v) is 5.33. The van der Waals surface area contributed by atoms with Crippen LogP contribution in [0.25, 0.3) is 0 Å². The van der Waals surface area contributed by atoms with Gasteiger partial charge in [0.1, 0.15) is 5.75 Å². The lowest BCUT2D eigenvalue weighted by atomic mass is 9.99. The molecule has 0 aromatic heterocycles. The fourth-order valence-corrected chi connectivity index (χ4v) is 2.11. The predicted octanol–water partition coefficient (Wildman–Crippen LogP) is 1.23. The summed E-state index contributed by atoms with van der Waals surface area (Å²) in [6.45, 7) is 1.84. The fourth-order valence-electron chi connectivity index (χ4n) is 2.11. The van der Waals surface area contributed by atoms with Crippen molar-refractivity contribution >= 4 is 17.3 Å². The maximum absolute atomic E-state index is 11.2. The predicted molar refractivity (Wildman–Crippen MR) is 87.5 cm³/mol. The number of methoxy groups -OCH3 is 2. The van der Waals surface area contributed by atoms with E-state index in [1.165, 1.54) is 20.3 Å². The summed E-state index contributed by atoms with van der Waals surface area (Å²) in [5, 5.41) is 11.2. The molecule has 9 heteroatoms. The summed E-state index contributed by atoms with van der Waals surface area (Å²) in [4.78, 5) is 21.8. The number of ether oxygens (including phenoxy) is 3. The van der Waals surface area contributed by atoms with Gasteiger partial charge in [0.05, 0.1) is 11.5 Å². The SMILES string of the molecule is COC(CCOc1cc(C[C@@H](C)C(N)=O)cc([N+](=O)[O-])c1N)OC. The molecule has 9 nitrogen and oxygen atoms in total. The third-order valence-electron chi connectivity index (χ3n) is 3.54. The zero-order valence-corrected chi connectivity index (χ0v) is 14.0. The van der Waals surface area contributed by atoms with Gasteiger partial charge in [-0.1, -0.05) is 6.92 Å². The molecule has 0 radical (unpaired) electrons. The largest absolute Gasteiger partial charge is 0.491 e. The summed E-state index contributed by atoms with van der Waals surface area (Å²) in [7, 11) is 3.00. The van der Waals surface area contributed by atoms with Gasteiger partial charge in [0.25, 0.3) is 5.69 Å². The third-order valence-corrected chi connectivity index (χ3v) is 3.54. The molecule has 0 bridgehead atoms. The van der Waals surface area contributed by atoms with Gasteiger partial charge in [-0.15, -0.1) is 0 Å². The highest BCUT2D eigenvalue weighted by Crippen LogP contribution is 2.34. The number of nitro benzene ring substituents is 1. The first kappa shape index (κ1) is 19.7. The molecule has 0 unspecified atom stereocenters. The quantitative estimate of drug-likeness (QED) is 0.282. The molecular formula is C15H23N3O6. The molecule has 0 aliphatic carbocycles. The van der Waals surface area contributed by atoms with Crippen molar-refractivity contribution in [1.29, 1.82) is 0 Å². The minimum Gasteiger partial charge on any atom is -0.491 e. The Balaban J connectivity index is 2.98. The van der Waals surface area contributed by atoms with Gasteiger partial charge in [-0.25, -0.2) is 0 Å². The van der Waals surface area contributed by atoms with E-state index in [1.54, 1.807) is 13.0 Å². The van der Waals surface area contributed by atoms with Crippen LogP contribution in [0.1, 0.15) is 18.9 Å². The van der Waals surface area contributed by atoms with Crippen LogP contribution in [0.4, 0.5) is 11.4 Å². The number of nitrogens with zero attached hydrogens (tertiary/aromatic N) is 1. The number of nitro groups is 1. The van der Waals surface area contributed by atoms with Crippen LogP contribution in [-0.2, 0) is 20.7 Å². The van der Waals surface area contributed by atoms with Gasteiger partial charge in [0, 0.05) is 32.6 Å². The van der Waals surface area contributed by atoms with E-state index in [-0.39, 0.29) is 30.2 Å². The van der Waals surface area contributed by atoms with Gasteiger partial charge in [0.15, 0.2) is 12.0 Å². The molecule has 1 amide bonds. The van der Waals surface area contributed by atoms with Gasteiger partial charge in [0.2, 0.25) is 5.91 Å². The van der Waals surface area contributed by atoms with Crippen molar-refractivity contribution in [2.24, 2.45) is 11.7 Å². The Labute approximate surface area is 140 Å². The van der Waals surface area contributed by atoms with Gasteiger partial charge in [-0.3, -0.25) is 14.9 Å². The molecule has 0 saturated carbocycles. The second-order valence-electron chi connectivity index (χ2n) is 5.33. The van der Waals surface area contributed by atoms with Crippen LogP contribution < -0.4 is 16.2 Å². The number of hydrogen-bond donors (Lipinski definition) is 2. The molecule has 1 aromatic carbocycles. The van der Waals surface area contributed by atoms with Crippen molar-refractivity contribution in [3.63, 3.8) is 0 Å². The van der Waals surface area contributed by atoms with E-state index in [4.69, 9.17) is 25.7 Å². The van der Waals surface area contributed by atoms with Gasteiger partial charge in [-0.2, -0.15) is 0 Å². The summed E-state index contributed by atoms with van der Waals surface area (Å²) in [6.07, 6.45) is 0.229. The van der Waals surface area contributed by atoms with Crippen molar-refractivity contribution in [1.82, 2.24) is 0 Å². The number of hydrogen-bond acceptors (Lipinski definition) is 7. The summed E-state index contributed by atoms with van der Waals surface area (Å²) in [5.74, 6) is -0.769. The lowest BCUT2D eigenvalue weighted by Crippen LogP contribution is -2.22. The highest BCUT2D eigenvalue weighted by molar-refractivity contribution is 5.77. The maximum atomic E-state index is 11.2. The summed E-state index contributed by atoms with van der Waals surface area (Å²) in [5.41, 5.74) is 11.3. The number of benzene rings is 1. The molecule has 1 aromatic rings. The molecule has 1 atom stereocenters. The first-order valence-electron chi connectivity index (χ1n) is 7.34. The van der Waals surface area contributed by atoms with Crippen molar-refractivity contribution in [3.8, 4) is 5.75 Å². The second kappa shape index (κ2) is 9.04. The molecule has 0 aliphatic rings. The van der Waals surface area contributed by atoms with Gasteiger partial charge < -0.3 is 25.7 Å². The molecule has 4 N–H and O–H groups in total. The van der Waals surface area contributed by atoms with Gasteiger partial charge in [-0.05, 0) is 18.1 Å². The number of primary amides is 1. The lowest BCUT2D eigenvalue weighted by Gasteiger charge is -2.16. The first-order chi connectivity index (χ1) is 11.3. The standard InChI is InChI=1S/C15H23N3O6/c1-9(15(17)19)6-10-7-11(18(20)21)14(16)12(8-10)24-5-4-13(22-2)23-3/h7-9,13H,4-6,16H2,1-3H3,(H2,17,19)/t9-/m1/s1. The average molecular weight is 341 g/mol. The fraction of sp³-hybridized carbons (Fsp3) is 0.533. The highest BCUT2D eigenvalue weighted by atomic mass is 16.7. The van der Waals surface area contributed by atoms with E-state index in [1.807, 2.05) is 0 Å². The molecule has 24 heavy (non-hydrogen) atoms. The molecular weight excluding hydrogens is 318 g/mol. The normalized spacial score (nSPS) is 12.2. The number of carbonyl (C=O) groups is 1. The number of carbonyl (C=O) groups excluding carboxylic acids is 1. The molecule has 0 spiro atoms. The lowest BCUT2D eigenvalue weighted by molar-refractivity contribution is -0.384. The zero-order chi connectivity index (χ0) is 18.3. The number of anilines is 1. The Hall–Kier alpha value is -2.39. The average Bonchev–Trinajstić information content (AvgIpc) is 2.53. The minimum atomic E-state index is -0.590. The van der Waals surface area contributed by atoms with Crippen molar-refractivity contribution < 1.29 is 23.9 Å². The Morgan fingerprint density at radius 1 is 1.33 bits per heavy atom. The molecule has 0 heterocycles. The van der Waals surface area contributed by atoms with Crippen molar-refractivity contribution in [2.45, 2.75) is 26.1 Å². The summed E-state index contributed by atoms with van der Waals surface area (Å²) >= 11 is 0. The summed E-state index contributed by atoms with van der Waals surface area (Å²) in [6, 6.07) is 2.91. The van der Waals surface area contributed by atoms with E-state index in [0.29, 0.717) is 12.0 Å². The Kier molecular flexibility index (Phi) is 7.40. The van der Waals surface area contributed by atoms with E-state index in [9.17, 15) is 14.9 Å². The van der Waals surface area contributed by atoms with Crippen LogP contribution in [0.3, 0.4) is 0 Å².